The Hall–Kier alpha value is -3.42. The van der Waals surface area contributed by atoms with Gasteiger partial charge in [0.25, 0.3) is 11.6 Å². The Morgan fingerprint density at radius 1 is 1.13 bits per heavy atom. The van der Waals surface area contributed by atoms with E-state index in [1.807, 2.05) is 31.5 Å². The van der Waals surface area contributed by atoms with Gasteiger partial charge in [0.2, 0.25) is 0 Å². The lowest BCUT2D eigenvalue weighted by Crippen LogP contribution is -2.27. The largest absolute Gasteiger partial charge is 0.463 e. The van der Waals surface area contributed by atoms with Gasteiger partial charge in [-0.25, -0.2) is 9.67 Å². The van der Waals surface area contributed by atoms with Crippen molar-refractivity contribution in [2.75, 3.05) is 5.32 Å². The first-order chi connectivity index (χ1) is 14.4. The van der Waals surface area contributed by atoms with Gasteiger partial charge in [-0.2, -0.15) is 5.10 Å². The average Bonchev–Trinajstić information content (AvgIpc) is 3.39. The van der Waals surface area contributed by atoms with E-state index in [1.54, 1.807) is 31.4 Å². The lowest BCUT2D eigenvalue weighted by atomic mass is 9.92. The Morgan fingerprint density at radius 3 is 2.48 bits per heavy atom. The number of anilines is 1. The minimum Gasteiger partial charge on any atom is -0.463 e. The second kappa shape index (κ2) is 7.08. The molecule has 8 nitrogen and oxygen atoms in total. The molecular formula is C23H27N5O3. The summed E-state index contributed by atoms with van der Waals surface area (Å²) in [5, 5.41) is 12.4. The van der Waals surface area contributed by atoms with Crippen molar-refractivity contribution < 1.29 is 13.7 Å². The van der Waals surface area contributed by atoms with E-state index in [1.165, 1.54) is 0 Å². The first kappa shape index (κ1) is 20.8. The van der Waals surface area contributed by atoms with Crippen LogP contribution < -0.4 is 5.32 Å². The molecule has 1 N–H and O–H groups in total. The van der Waals surface area contributed by atoms with Crippen LogP contribution in [0.2, 0.25) is 0 Å². The van der Waals surface area contributed by atoms with Crippen LogP contribution in [0.25, 0.3) is 22.6 Å². The molecule has 4 rings (SSSR count). The van der Waals surface area contributed by atoms with Crippen LogP contribution in [0.3, 0.4) is 0 Å². The molecule has 0 saturated heterocycles. The van der Waals surface area contributed by atoms with E-state index in [2.05, 4.69) is 36.2 Å². The predicted octanol–water partition coefficient (Wildman–Crippen LogP) is 5.29. The number of fused-ring (bicyclic) bond motifs is 1. The number of aryl methyl sites for hydroxylation is 1. The van der Waals surface area contributed by atoms with Crippen LogP contribution in [0, 0.1) is 6.92 Å². The number of hydrogen-bond acceptors (Lipinski definition) is 6. The van der Waals surface area contributed by atoms with E-state index < -0.39 is 0 Å². The zero-order chi connectivity index (χ0) is 22.6. The van der Waals surface area contributed by atoms with Crippen LogP contribution in [-0.2, 0) is 11.0 Å². The number of furan rings is 1. The van der Waals surface area contributed by atoms with Gasteiger partial charge in [0.1, 0.15) is 11.5 Å². The van der Waals surface area contributed by atoms with E-state index in [0.717, 1.165) is 5.69 Å². The highest BCUT2D eigenvalue weighted by Gasteiger charge is 2.27. The number of amides is 1. The Morgan fingerprint density at radius 2 is 1.87 bits per heavy atom. The zero-order valence-corrected chi connectivity index (χ0v) is 18.9. The molecule has 0 atom stereocenters. The first-order valence-corrected chi connectivity index (χ1v) is 10.2. The molecular weight excluding hydrogens is 394 g/mol. The van der Waals surface area contributed by atoms with Crippen molar-refractivity contribution in [3.63, 3.8) is 0 Å². The van der Waals surface area contributed by atoms with Gasteiger partial charge in [0, 0.05) is 11.5 Å². The number of carbonyl (C=O) groups is 1. The van der Waals surface area contributed by atoms with Crippen molar-refractivity contribution in [2.45, 2.75) is 59.4 Å². The van der Waals surface area contributed by atoms with E-state index in [-0.39, 0.29) is 22.6 Å². The molecule has 0 aliphatic heterocycles. The summed E-state index contributed by atoms with van der Waals surface area (Å²) in [4.78, 5) is 17.9. The molecule has 4 heterocycles. The van der Waals surface area contributed by atoms with Gasteiger partial charge < -0.3 is 14.3 Å². The zero-order valence-electron chi connectivity index (χ0n) is 18.9. The molecule has 0 aromatic carbocycles. The molecule has 0 spiro atoms. The third-order valence-electron chi connectivity index (χ3n) is 4.99. The van der Waals surface area contributed by atoms with E-state index in [4.69, 9.17) is 14.0 Å². The highest BCUT2D eigenvalue weighted by Crippen LogP contribution is 2.31. The Balaban J connectivity index is 1.81. The summed E-state index contributed by atoms with van der Waals surface area (Å²) in [6.45, 7) is 14.2. The van der Waals surface area contributed by atoms with Crippen LogP contribution in [0.1, 0.15) is 63.3 Å². The maximum absolute atomic E-state index is 13.5. The Kier molecular flexibility index (Phi) is 4.76. The second-order valence-electron chi connectivity index (χ2n) is 9.68. The summed E-state index contributed by atoms with van der Waals surface area (Å²) in [7, 11) is 0. The smallest absolute Gasteiger partial charge is 0.259 e. The maximum Gasteiger partial charge on any atom is 0.259 e. The maximum atomic E-state index is 13.5. The van der Waals surface area contributed by atoms with Crippen molar-refractivity contribution in [2.24, 2.45) is 0 Å². The summed E-state index contributed by atoms with van der Waals surface area (Å²) in [5.41, 5.74) is 2.22. The van der Waals surface area contributed by atoms with Gasteiger partial charge in [-0.1, -0.05) is 25.9 Å². The fourth-order valence-corrected chi connectivity index (χ4v) is 3.36. The van der Waals surface area contributed by atoms with E-state index in [0.29, 0.717) is 33.9 Å². The predicted molar refractivity (Wildman–Crippen MR) is 118 cm³/mol. The number of pyridine rings is 1. The normalized spacial score (nSPS) is 12.5. The quantitative estimate of drug-likeness (QED) is 0.482. The molecule has 0 saturated carbocycles. The topological polar surface area (TPSA) is 99.0 Å². The number of hydrogen-bond donors (Lipinski definition) is 1. The second-order valence-corrected chi connectivity index (χ2v) is 9.68. The average molecular weight is 422 g/mol. The molecule has 0 bridgehead atoms. The molecule has 0 unspecified atom stereocenters. The third kappa shape index (κ3) is 3.85. The molecule has 4 aromatic heterocycles. The van der Waals surface area contributed by atoms with Crippen LogP contribution in [-0.4, -0.2) is 25.8 Å². The molecule has 0 radical (unpaired) electrons. The first-order valence-electron chi connectivity index (χ1n) is 10.2. The van der Waals surface area contributed by atoms with Gasteiger partial charge in [-0.05, 0) is 45.9 Å². The van der Waals surface area contributed by atoms with Gasteiger partial charge >= 0.3 is 0 Å². The van der Waals surface area contributed by atoms with Crippen LogP contribution in [0.15, 0.2) is 39.5 Å². The number of rotatable bonds is 3. The van der Waals surface area contributed by atoms with Gasteiger partial charge in [-0.3, -0.25) is 4.79 Å². The lowest BCUT2D eigenvalue weighted by molar-refractivity contribution is 0.102. The highest BCUT2D eigenvalue weighted by atomic mass is 16.5. The number of nitrogens with one attached hydrogen (secondary N) is 1. The van der Waals surface area contributed by atoms with Crippen LogP contribution in [0.5, 0.6) is 0 Å². The summed E-state index contributed by atoms with van der Waals surface area (Å²) in [5.74, 6) is 0.873. The van der Waals surface area contributed by atoms with Crippen LogP contribution in [0.4, 0.5) is 5.82 Å². The number of nitrogens with zero attached hydrogens (tertiary/aromatic N) is 4. The standard InChI is InChI=1S/C23H27N5O3/c1-13-19-14(11-15(16-9-8-10-30-16)24-21(19)31-27-13)20(29)25-18-12-17(22(2,3)4)26-28(18)23(5,6)7/h8-12H,1-7H3,(H,25,29). The SMILES string of the molecule is Cc1noc2nc(-c3ccco3)cc(C(=O)Nc3cc(C(C)(C)C)nn3C(C)(C)C)c12. The molecule has 0 aliphatic rings. The Bertz CT molecular complexity index is 1250. The van der Waals surface area contributed by atoms with Crippen molar-refractivity contribution in [3.8, 4) is 11.5 Å². The molecule has 0 fully saturated rings. The Labute approximate surface area is 180 Å². The highest BCUT2D eigenvalue weighted by molar-refractivity contribution is 6.12. The van der Waals surface area contributed by atoms with Gasteiger partial charge in [0.15, 0.2) is 5.76 Å². The molecule has 162 valence electrons. The molecule has 31 heavy (non-hydrogen) atoms. The fourth-order valence-electron chi connectivity index (χ4n) is 3.36. The number of aromatic nitrogens is 4. The van der Waals surface area contributed by atoms with Crippen molar-refractivity contribution in [3.05, 3.63) is 47.5 Å². The molecule has 8 heteroatoms. The van der Waals surface area contributed by atoms with Gasteiger partial charge in [0.05, 0.1) is 34.1 Å². The minimum absolute atomic E-state index is 0.155. The van der Waals surface area contributed by atoms with E-state index in [9.17, 15) is 4.79 Å². The summed E-state index contributed by atoms with van der Waals surface area (Å²) in [6, 6.07) is 7.17. The molecule has 1 amide bonds. The molecule has 4 aromatic rings. The van der Waals surface area contributed by atoms with Gasteiger partial charge in [-0.15, -0.1) is 0 Å². The third-order valence-corrected chi connectivity index (χ3v) is 4.99. The van der Waals surface area contributed by atoms with Crippen molar-refractivity contribution in [1.29, 1.82) is 0 Å². The van der Waals surface area contributed by atoms with E-state index >= 15 is 0 Å². The van der Waals surface area contributed by atoms with Crippen molar-refractivity contribution in [1.82, 2.24) is 19.9 Å². The van der Waals surface area contributed by atoms with Crippen LogP contribution >= 0.6 is 0 Å². The monoisotopic (exact) mass is 421 g/mol. The fraction of sp³-hybridized carbons (Fsp3) is 0.391. The summed E-state index contributed by atoms with van der Waals surface area (Å²) >= 11 is 0. The number of carbonyl (C=O) groups excluding carboxylic acids is 1. The summed E-state index contributed by atoms with van der Waals surface area (Å²) in [6.07, 6.45) is 1.56. The lowest BCUT2D eigenvalue weighted by Gasteiger charge is -2.23. The summed E-state index contributed by atoms with van der Waals surface area (Å²) < 4.78 is 12.7. The minimum atomic E-state index is -0.313. The van der Waals surface area contributed by atoms with Crippen molar-refractivity contribution >= 4 is 22.8 Å². The molecule has 0 aliphatic carbocycles.